The molecule has 4 heteroatoms. The Labute approximate surface area is 99.5 Å². The number of nitrogens with zero attached hydrogens (tertiary/aromatic N) is 2. The summed E-state index contributed by atoms with van der Waals surface area (Å²) in [5, 5.41) is 13.4. The van der Waals surface area contributed by atoms with Crippen molar-refractivity contribution in [2.75, 3.05) is 0 Å². The Morgan fingerprint density at radius 2 is 2.00 bits per heavy atom. The Kier molecular flexibility index (Phi) is 2.71. The molecule has 0 amide bonds. The number of aliphatic carboxylic acids is 1. The van der Waals surface area contributed by atoms with Crippen LogP contribution in [0.2, 0.25) is 0 Å². The maximum atomic E-state index is 11.3. The fraction of sp³-hybridized carbons (Fsp3) is 0.231. The van der Waals surface area contributed by atoms with Crippen LogP contribution in [-0.4, -0.2) is 20.9 Å². The number of hydrogen-bond donors (Lipinski definition) is 1. The van der Waals surface area contributed by atoms with Crippen molar-refractivity contribution >= 4 is 5.97 Å². The van der Waals surface area contributed by atoms with Crippen LogP contribution in [-0.2, 0) is 10.2 Å². The number of carbonyl (C=O) groups is 1. The van der Waals surface area contributed by atoms with Gasteiger partial charge in [-0.15, -0.1) is 0 Å². The molecule has 0 aliphatic rings. The third kappa shape index (κ3) is 1.93. The number of benzene rings is 1. The summed E-state index contributed by atoms with van der Waals surface area (Å²) >= 11 is 0. The lowest BCUT2D eigenvalue weighted by molar-refractivity contribution is -0.142. The molecule has 0 radical (unpaired) electrons. The van der Waals surface area contributed by atoms with Gasteiger partial charge in [0.15, 0.2) is 0 Å². The van der Waals surface area contributed by atoms with Gasteiger partial charge in [-0.2, -0.15) is 5.10 Å². The van der Waals surface area contributed by atoms with E-state index in [1.54, 1.807) is 30.9 Å². The smallest absolute Gasteiger partial charge is 0.313 e. The molecule has 0 aliphatic heterocycles. The lowest BCUT2D eigenvalue weighted by atomic mass is 9.83. The van der Waals surface area contributed by atoms with Crippen molar-refractivity contribution in [3.63, 3.8) is 0 Å². The lowest BCUT2D eigenvalue weighted by Gasteiger charge is -2.22. The van der Waals surface area contributed by atoms with Gasteiger partial charge in [0.1, 0.15) is 0 Å². The van der Waals surface area contributed by atoms with E-state index in [4.69, 9.17) is 0 Å². The summed E-state index contributed by atoms with van der Waals surface area (Å²) in [6.07, 6.45) is 3.47. The van der Waals surface area contributed by atoms with Gasteiger partial charge in [0.05, 0.1) is 11.1 Å². The molecule has 1 aromatic carbocycles. The van der Waals surface area contributed by atoms with Crippen molar-refractivity contribution in [3.05, 3.63) is 48.3 Å². The number of hydrogen-bond acceptors (Lipinski definition) is 2. The normalized spacial score (nSPS) is 11.4. The summed E-state index contributed by atoms with van der Waals surface area (Å²) in [4.78, 5) is 11.3. The van der Waals surface area contributed by atoms with Gasteiger partial charge in [-0.3, -0.25) is 4.79 Å². The molecule has 0 saturated heterocycles. The second-order valence-electron chi connectivity index (χ2n) is 4.40. The first-order valence-electron chi connectivity index (χ1n) is 5.36. The number of carboxylic acid groups (broad SMARTS) is 1. The zero-order valence-electron chi connectivity index (χ0n) is 9.79. The molecular formula is C13H14N2O2. The standard InChI is InChI=1S/C13H14N2O2/c1-13(2,12(16)17)10-6-3-4-7-11(10)15-9-5-8-14-15/h3-9H,1-2H3,(H,16,17). The first-order valence-corrected chi connectivity index (χ1v) is 5.36. The third-order valence-corrected chi connectivity index (χ3v) is 2.86. The Morgan fingerprint density at radius 1 is 1.29 bits per heavy atom. The maximum absolute atomic E-state index is 11.3. The van der Waals surface area contributed by atoms with Gasteiger partial charge in [0, 0.05) is 12.4 Å². The Morgan fingerprint density at radius 3 is 2.59 bits per heavy atom. The highest BCUT2D eigenvalue weighted by Crippen LogP contribution is 2.28. The van der Waals surface area contributed by atoms with E-state index in [9.17, 15) is 9.90 Å². The number of para-hydroxylation sites is 1. The molecule has 2 aromatic rings. The third-order valence-electron chi connectivity index (χ3n) is 2.86. The predicted molar refractivity (Wildman–Crippen MR) is 64.2 cm³/mol. The van der Waals surface area contributed by atoms with Crippen LogP contribution in [0, 0.1) is 0 Å². The van der Waals surface area contributed by atoms with Gasteiger partial charge >= 0.3 is 5.97 Å². The van der Waals surface area contributed by atoms with E-state index in [1.165, 1.54) is 0 Å². The van der Waals surface area contributed by atoms with Crippen LogP contribution >= 0.6 is 0 Å². The van der Waals surface area contributed by atoms with Crippen LogP contribution in [0.1, 0.15) is 19.4 Å². The quantitative estimate of drug-likeness (QED) is 0.879. The Balaban J connectivity index is 2.60. The lowest BCUT2D eigenvalue weighted by Crippen LogP contribution is -2.30. The van der Waals surface area contributed by atoms with E-state index >= 15 is 0 Å². The number of aromatic nitrogens is 2. The maximum Gasteiger partial charge on any atom is 0.313 e. The van der Waals surface area contributed by atoms with Crippen molar-refractivity contribution in [3.8, 4) is 5.69 Å². The van der Waals surface area contributed by atoms with Gasteiger partial charge in [0.2, 0.25) is 0 Å². The minimum Gasteiger partial charge on any atom is -0.481 e. The summed E-state index contributed by atoms with van der Waals surface area (Å²) in [7, 11) is 0. The molecule has 17 heavy (non-hydrogen) atoms. The highest BCUT2D eigenvalue weighted by atomic mass is 16.4. The molecule has 1 N–H and O–H groups in total. The van der Waals surface area contributed by atoms with E-state index in [2.05, 4.69) is 5.10 Å². The fourth-order valence-electron chi connectivity index (χ4n) is 1.73. The Bertz CT molecular complexity index is 530. The molecule has 1 aromatic heterocycles. The van der Waals surface area contributed by atoms with E-state index in [-0.39, 0.29) is 0 Å². The molecule has 0 fully saturated rings. The van der Waals surface area contributed by atoms with E-state index in [0.717, 1.165) is 11.3 Å². The zero-order chi connectivity index (χ0) is 12.5. The van der Waals surface area contributed by atoms with Gasteiger partial charge in [-0.25, -0.2) is 4.68 Å². The SMILES string of the molecule is CC(C)(C(=O)O)c1ccccc1-n1cccn1. The molecule has 2 rings (SSSR count). The van der Waals surface area contributed by atoms with Crippen molar-refractivity contribution in [1.29, 1.82) is 0 Å². The van der Waals surface area contributed by atoms with E-state index in [1.807, 2.05) is 30.3 Å². The summed E-state index contributed by atoms with van der Waals surface area (Å²) in [5.74, 6) is -0.850. The highest BCUT2D eigenvalue weighted by molar-refractivity contribution is 5.81. The van der Waals surface area contributed by atoms with Crippen molar-refractivity contribution in [2.45, 2.75) is 19.3 Å². The summed E-state index contributed by atoms with van der Waals surface area (Å²) < 4.78 is 1.68. The number of carboxylic acids is 1. The largest absolute Gasteiger partial charge is 0.481 e. The van der Waals surface area contributed by atoms with Crippen LogP contribution in [0.4, 0.5) is 0 Å². The van der Waals surface area contributed by atoms with Gasteiger partial charge in [-0.1, -0.05) is 18.2 Å². The van der Waals surface area contributed by atoms with Crippen molar-refractivity contribution in [2.24, 2.45) is 0 Å². The molecule has 88 valence electrons. The van der Waals surface area contributed by atoms with E-state index < -0.39 is 11.4 Å². The average Bonchev–Trinajstić information content (AvgIpc) is 2.82. The fourth-order valence-corrected chi connectivity index (χ4v) is 1.73. The van der Waals surface area contributed by atoms with E-state index in [0.29, 0.717) is 0 Å². The minimum absolute atomic E-state index is 0.746. The Hall–Kier alpha value is -2.10. The van der Waals surface area contributed by atoms with Crippen LogP contribution in [0.5, 0.6) is 0 Å². The first kappa shape index (κ1) is 11.4. The van der Waals surface area contributed by atoms with Gasteiger partial charge in [-0.05, 0) is 31.5 Å². The molecular weight excluding hydrogens is 216 g/mol. The molecule has 1 heterocycles. The molecule has 4 nitrogen and oxygen atoms in total. The predicted octanol–water partition coefficient (Wildman–Crippen LogP) is 2.23. The molecule has 0 unspecified atom stereocenters. The van der Waals surface area contributed by atoms with Crippen LogP contribution in [0.15, 0.2) is 42.7 Å². The molecule has 0 atom stereocenters. The zero-order valence-corrected chi connectivity index (χ0v) is 9.79. The van der Waals surface area contributed by atoms with Crippen LogP contribution in [0.25, 0.3) is 5.69 Å². The van der Waals surface area contributed by atoms with Crippen molar-refractivity contribution < 1.29 is 9.90 Å². The first-order chi connectivity index (χ1) is 8.03. The second kappa shape index (κ2) is 4.05. The second-order valence-corrected chi connectivity index (χ2v) is 4.40. The van der Waals surface area contributed by atoms with Gasteiger partial charge in [0.25, 0.3) is 0 Å². The molecule has 0 bridgehead atoms. The molecule has 0 spiro atoms. The molecule has 0 aliphatic carbocycles. The molecule has 0 saturated carbocycles. The monoisotopic (exact) mass is 230 g/mol. The summed E-state index contributed by atoms with van der Waals surface area (Å²) in [6.45, 7) is 3.38. The minimum atomic E-state index is -0.942. The number of rotatable bonds is 3. The van der Waals surface area contributed by atoms with Crippen LogP contribution in [0.3, 0.4) is 0 Å². The van der Waals surface area contributed by atoms with Crippen molar-refractivity contribution in [1.82, 2.24) is 9.78 Å². The summed E-state index contributed by atoms with van der Waals surface area (Å²) in [5.41, 5.74) is 0.601. The highest BCUT2D eigenvalue weighted by Gasteiger charge is 2.32. The van der Waals surface area contributed by atoms with Crippen LogP contribution < -0.4 is 0 Å². The topological polar surface area (TPSA) is 55.1 Å². The van der Waals surface area contributed by atoms with Gasteiger partial charge < -0.3 is 5.11 Å². The average molecular weight is 230 g/mol. The summed E-state index contributed by atoms with van der Waals surface area (Å²) in [6, 6.07) is 9.22.